The third-order valence-corrected chi connectivity index (χ3v) is 780. The lowest BCUT2D eigenvalue weighted by molar-refractivity contribution is 4.28. The van der Waals surface area contributed by atoms with E-state index in [0.717, 1.165) is 0 Å². The number of rotatable bonds is 52. The van der Waals surface area contributed by atoms with Gasteiger partial charge in [-0.1, -0.05) is 0 Å². The Morgan fingerprint density at radius 3 is 0.176 bits per heavy atom. The van der Waals surface area contributed by atoms with Crippen molar-refractivity contribution >= 4 is 861 Å². The minimum absolute atomic E-state index is 0.431. The van der Waals surface area contributed by atoms with Crippen molar-refractivity contribution < 1.29 is 0 Å². The molecule has 0 nitrogen and oxygen atoms in total. The van der Waals surface area contributed by atoms with Crippen molar-refractivity contribution in [3.63, 3.8) is 0 Å². The average molecular weight is 3460 g/mol. The summed E-state index contributed by atoms with van der Waals surface area (Å²) in [5.41, 5.74) is 0. The SMILES string of the molecule is PP(P)P(P)P(P(P(P)P)P(P)P)P(P(P(P(P)P)P(P)P)P(P(P)P)P(P)P)P(P(P(P(P)P)P(P)P)P(P(P)P)P(P)P)P(P(P(P(P(P)P)P(P)P)P(P(P)P)P(P)P)P(P(P(P)P)P(P)P)P(P(P)P)P(P)P)P(P(P(P(P)P)P(P)P)P(P(P)P)P(P)P)P(P(P(P)P)P(P)P)P(P(P)P)P(P)P. The molecule has 0 aromatic carbocycles. The van der Waals surface area contributed by atoms with Crippen LogP contribution in [0.25, 0.3) is 0 Å². The number of hydrogen-bond donors (Lipinski definition) is 0. The van der Waals surface area contributed by atoms with Crippen LogP contribution in [-0.2, 0) is 0 Å². The van der Waals surface area contributed by atoms with Crippen molar-refractivity contribution in [1.82, 2.24) is 0 Å². The van der Waals surface area contributed by atoms with Crippen LogP contribution in [0.4, 0.5) is 0 Å². The summed E-state index contributed by atoms with van der Waals surface area (Å²) in [4.78, 5) is 0. The molecule has 0 saturated heterocycles. The summed E-state index contributed by atoms with van der Waals surface area (Å²) in [5, 5.41) is 0. The maximum Gasteiger partial charge on any atom is -0.000000205 e. The highest BCUT2D eigenvalue weighted by Crippen LogP contribution is 3.55. The molecule has 0 aliphatic rings. The van der Waals surface area contributed by atoms with Gasteiger partial charge >= 0.3 is 0 Å². The van der Waals surface area contributed by atoms with Crippen LogP contribution in [0.1, 0.15) is 0 Å². The molecule has 0 heterocycles. The first-order chi connectivity index (χ1) is 49.1. The molecule has 650 valence electrons. The van der Waals surface area contributed by atoms with E-state index in [-0.39, 0.29) is 0 Å². The van der Waals surface area contributed by atoms with Crippen LogP contribution in [-0.4, -0.2) is 0 Å². The molecule has 0 aliphatic carbocycles. The fourth-order valence-corrected chi connectivity index (χ4v) is 1610. The monoisotopic (exact) mass is 3460 g/mol. The van der Waals surface area contributed by atoms with Gasteiger partial charge in [0.25, 0.3) is 0 Å². The smallest absolute Gasteiger partial charge is 0.000000205 e. The zero-order valence-corrected chi connectivity index (χ0v) is 166. The van der Waals surface area contributed by atoms with Crippen molar-refractivity contribution in [2.45, 2.75) is 0 Å². The molecular weight excluding hydrogens is 3350 g/mol. The Labute approximate surface area is 847 Å². The maximum atomic E-state index is 4.12. The van der Waals surface area contributed by atoms with Crippen molar-refractivity contribution in [3.05, 3.63) is 0 Å². The lowest BCUT2D eigenvalue weighted by atomic mass is 28.3. The van der Waals surface area contributed by atoms with E-state index in [0.29, 0.717) is 0 Å². The normalized spacial score (nSPS) is 15.8. The van der Waals surface area contributed by atoms with E-state index < -0.39 is 370 Å². The van der Waals surface area contributed by atoms with Gasteiger partial charge in [0.1, 0.15) is 0 Å². The predicted molar refractivity (Wildman–Crippen MR) is 901 cm³/mol. The van der Waals surface area contributed by atoms with Crippen LogP contribution in [0.2, 0.25) is 0 Å². The second-order valence-corrected chi connectivity index (χ2v) is 467. The van der Waals surface area contributed by atoms with E-state index in [2.05, 4.69) is 491 Å². The fourth-order valence-electron chi connectivity index (χ4n) is 6.64. The fraction of sp³-hybridized carbons (Fsp3) is 0. The van der Waals surface area contributed by atoms with E-state index in [9.17, 15) is 0 Å². The lowest BCUT2D eigenvalue weighted by Crippen LogP contribution is -1.77. The molecule has 0 radical (unpaired) electrons. The maximum absolute atomic E-state index is 4.12. The molecular formula is H110P108. The third-order valence-electron chi connectivity index (χ3n) is 9.63. The van der Waals surface area contributed by atoms with Gasteiger partial charge in [-0.05, 0) is 370 Å². The Hall–Kier alpha value is 46.4. The molecule has 0 amide bonds. The predicted octanol–water partition coefficient (Wildman–Crippen LogP) is 63.6. The van der Waals surface area contributed by atoms with Crippen LogP contribution in [0, 0.1) is 0 Å². The van der Waals surface area contributed by atoms with E-state index in [1.165, 1.54) is 0 Å². The summed E-state index contributed by atoms with van der Waals surface area (Å²) in [6.45, 7) is -26.2. The molecule has 0 rings (SSSR count). The minimum Gasteiger partial charge on any atom is -0.102 e. The molecule has 0 bridgehead atoms. The van der Waals surface area contributed by atoms with E-state index in [4.69, 9.17) is 0 Å². The van der Waals surface area contributed by atoms with Crippen molar-refractivity contribution in [2.75, 3.05) is 0 Å². The Morgan fingerprint density at radius 1 is 0.0556 bits per heavy atom. The Bertz CT molecular complexity index is 1870. The van der Waals surface area contributed by atoms with Crippen LogP contribution in [0.15, 0.2) is 0 Å². The van der Waals surface area contributed by atoms with Gasteiger partial charge in [-0.25, -0.2) is 0 Å². The summed E-state index contributed by atoms with van der Waals surface area (Å²) < 4.78 is 0. The highest BCUT2D eigenvalue weighted by Gasteiger charge is 2.68. The van der Waals surface area contributed by atoms with Gasteiger partial charge in [-0.3, -0.25) is 0 Å². The molecule has 0 spiro atoms. The first kappa shape index (κ1) is 154. The average Bonchev–Trinajstić information content (AvgIpc) is 0.705. The van der Waals surface area contributed by atoms with Gasteiger partial charge in [0.2, 0.25) is 0 Å². The minimum atomic E-state index is -0.720. The molecule has 59 atom stereocenters. The van der Waals surface area contributed by atoms with Crippen LogP contribution < -0.4 is 0 Å². The molecule has 0 aromatic rings. The van der Waals surface area contributed by atoms with Gasteiger partial charge in [-0.2, -0.15) is 0 Å². The number of hydrogen-bond acceptors (Lipinski definition) is 0. The second-order valence-electron chi connectivity index (χ2n) is 17.3. The largest absolute Gasteiger partial charge is 0.102 e. The molecule has 108 heteroatoms. The van der Waals surface area contributed by atoms with Crippen LogP contribution in [0.5, 0.6) is 0 Å². The first-order valence-electron chi connectivity index (χ1n) is 24.6. The highest BCUT2D eigenvalue weighted by atomic mass is 33.7. The summed E-state index contributed by atoms with van der Waals surface area (Å²) in [6.07, 6.45) is 0. The topological polar surface area (TPSA) is 0 Å². The third kappa shape index (κ3) is 54.0. The quantitative estimate of drug-likeness (QED) is 0.0533. The highest BCUT2D eigenvalue weighted by molar-refractivity contribution is 9.61. The van der Waals surface area contributed by atoms with Gasteiger partial charge in [-0.15, -0.1) is 491 Å². The Kier molecular flexibility index (Phi) is 121. The van der Waals surface area contributed by atoms with E-state index >= 15 is 0 Å². The van der Waals surface area contributed by atoms with E-state index in [1.54, 1.807) is 0 Å². The summed E-state index contributed by atoms with van der Waals surface area (Å²) in [7, 11) is 211. The van der Waals surface area contributed by atoms with Crippen LogP contribution in [0.3, 0.4) is 0 Å². The summed E-state index contributed by atoms with van der Waals surface area (Å²) in [6, 6.07) is 0. The molecule has 0 N–H and O–H groups in total. The van der Waals surface area contributed by atoms with Crippen molar-refractivity contribution in [2.24, 2.45) is 0 Å². The zero-order chi connectivity index (χ0) is 85.6. The molecule has 0 aromatic heterocycles. The van der Waals surface area contributed by atoms with Gasteiger partial charge in [0, 0.05) is 0 Å². The van der Waals surface area contributed by atoms with Crippen molar-refractivity contribution in [1.29, 1.82) is 0 Å². The Morgan fingerprint density at radius 2 is 0.111 bits per heavy atom. The van der Waals surface area contributed by atoms with Gasteiger partial charge in [0.15, 0.2) is 0 Å². The first-order valence-corrected chi connectivity index (χ1v) is 221. The summed E-state index contributed by atoms with van der Waals surface area (Å²) in [5.74, 6) is 0. The molecule has 0 fully saturated rings. The Balaban J connectivity index is 15.4. The zero-order valence-electron chi connectivity index (χ0n) is 55.5. The summed E-state index contributed by atoms with van der Waals surface area (Å²) >= 11 is 0. The van der Waals surface area contributed by atoms with Gasteiger partial charge < -0.3 is 0 Å². The lowest BCUT2D eigenvalue weighted by Gasteiger charge is -2.64. The second kappa shape index (κ2) is 84.5. The van der Waals surface area contributed by atoms with E-state index in [1.807, 2.05) is 0 Å². The molecule has 0 saturated carbocycles. The molecule has 59 unspecified atom stereocenters. The van der Waals surface area contributed by atoms with Gasteiger partial charge in [0.05, 0.1) is 0 Å². The molecule has 108 heavy (non-hydrogen) atoms. The van der Waals surface area contributed by atoms with Crippen molar-refractivity contribution in [3.8, 4) is 0 Å². The molecule has 0 aliphatic heterocycles. The van der Waals surface area contributed by atoms with Crippen LogP contribution >= 0.6 is 861 Å². The standard InChI is InChI=1S/H110P108/c1-56(2)83(55)97(84(57(3)4)58(5)6)104(98(85(59(7)8)60(9)10)86(61(11)12)62(13)14)107(103(95(79(47)48)80(49)50)96(81(51)52)82(53)54)108(105(99(87(63(15)16)64(17)18)88(65(19)20)66(21)22)100(89(67(23)24)68(25)26)90(69(27)28)70(29)30)106(101(91(71(31)32)72(33)34)92(73(35)36)74(37)38)102(93(75(39)40)76(41)42)94(77(43)44)78(45)46/h1-55H2.